The minimum absolute atomic E-state index is 0.832. The Morgan fingerprint density at radius 1 is 0.339 bits per heavy atom. The van der Waals surface area contributed by atoms with Gasteiger partial charge in [-0.3, -0.25) is 0 Å². The Morgan fingerprint density at radius 3 is 0.726 bits per heavy atom. The Hall–Kier alpha value is -5.02. The monoisotopic (exact) mass is 866 g/mol. The molecule has 0 radical (unpaired) electrons. The summed E-state index contributed by atoms with van der Waals surface area (Å²) in [5.41, 5.74) is 17.3. The van der Waals surface area contributed by atoms with Gasteiger partial charge in [-0.25, -0.2) is 0 Å². The standard InChI is InChI=1S/C54H68N4O2P2/c1-33-25-41(26-34(2)51(33)55(9)10)61(42-27-35(3)52(56(11)12)36(4)28-42)47-23-19-21-45(59-17)49(47)50-46(60-18)22-20-24-48(50)62(43-29-37(5)53(57(13)14)38(6)30-43)44-31-39(7)54(58(15)16)40(8)32-44/h19-32H,1-18H3. The van der Waals surface area contributed by atoms with E-state index in [4.69, 9.17) is 9.47 Å². The van der Waals surface area contributed by atoms with Crippen molar-refractivity contribution in [1.82, 2.24) is 0 Å². The third-order valence-corrected chi connectivity index (χ3v) is 16.7. The highest BCUT2D eigenvalue weighted by atomic mass is 31.1. The number of rotatable bonds is 13. The summed E-state index contributed by atoms with van der Waals surface area (Å²) < 4.78 is 13.0. The summed E-state index contributed by atoms with van der Waals surface area (Å²) in [7, 11) is 18.5. The molecule has 6 aromatic carbocycles. The zero-order valence-electron chi connectivity index (χ0n) is 40.6. The minimum Gasteiger partial charge on any atom is -0.496 e. The molecule has 0 spiro atoms. The zero-order chi connectivity index (χ0) is 45.5. The Balaban J connectivity index is 1.78. The first-order chi connectivity index (χ1) is 29.3. The van der Waals surface area contributed by atoms with Crippen LogP contribution in [0.1, 0.15) is 44.5 Å². The van der Waals surface area contributed by atoms with Gasteiger partial charge in [-0.2, -0.15) is 0 Å². The lowest BCUT2D eigenvalue weighted by Crippen LogP contribution is -2.28. The fourth-order valence-corrected chi connectivity index (χ4v) is 15.8. The van der Waals surface area contributed by atoms with E-state index < -0.39 is 15.8 Å². The number of anilines is 4. The van der Waals surface area contributed by atoms with Gasteiger partial charge in [0.05, 0.1) is 14.2 Å². The predicted octanol–water partition coefficient (Wildman–Crippen LogP) is 9.62. The van der Waals surface area contributed by atoms with E-state index in [1.165, 1.54) is 99.1 Å². The molecule has 0 heterocycles. The molecule has 6 aromatic rings. The van der Waals surface area contributed by atoms with E-state index in [0.717, 1.165) is 22.6 Å². The molecule has 0 saturated heterocycles. The van der Waals surface area contributed by atoms with Crippen LogP contribution in [-0.4, -0.2) is 70.6 Å². The van der Waals surface area contributed by atoms with Gasteiger partial charge in [0, 0.05) is 90.3 Å². The summed E-state index contributed by atoms with van der Waals surface area (Å²) in [4.78, 5) is 8.95. The molecule has 6 rings (SSSR count). The van der Waals surface area contributed by atoms with Gasteiger partial charge >= 0.3 is 0 Å². The Labute approximate surface area is 376 Å². The molecule has 6 nitrogen and oxygen atoms in total. The van der Waals surface area contributed by atoms with Crippen LogP contribution in [0.4, 0.5) is 22.7 Å². The second-order valence-electron chi connectivity index (χ2n) is 17.7. The molecule has 0 bridgehead atoms. The highest BCUT2D eigenvalue weighted by molar-refractivity contribution is 7.80. The van der Waals surface area contributed by atoms with Gasteiger partial charge in [0.2, 0.25) is 0 Å². The van der Waals surface area contributed by atoms with Crippen molar-refractivity contribution in [2.45, 2.75) is 55.4 Å². The van der Waals surface area contributed by atoms with Crippen LogP contribution in [0.3, 0.4) is 0 Å². The number of hydrogen-bond donors (Lipinski definition) is 0. The molecule has 0 aliphatic rings. The van der Waals surface area contributed by atoms with E-state index in [-0.39, 0.29) is 0 Å². The average molecular weight is 867 g/mol. The Bertz CT molecular complexity index is 2230. The van der Waals surface area contributed by atoms with Gasteiger partial charge in [0.1, 0.15) is 11.5 Å². The molecule has 8 heteroatoms. The van der Waals surface area contributed by atoms with E-state index in [1.54, 1.807) is 0 Å². The smallest absolute Gasteiger partial charge is 0.127 e. The highest BCUT2D eigenvalue weighted by Gasteiger charge is 2.32. The average Bonchev–Trinajstić information content (AvgIpc) is 3.16. The van der Waals surface area contributed by atoms with Crippen molar-refractivity contribution in [2.75, 3.05) is 90.2 Å². The van der Waals surface area contributed by atoms with Crippen LogP contribution in [0, 0.1) is 55.4 Å². The predicted molar refractivity (Wildman–Crippen MR) is 278 cm³/mol. The minimum atomic E-state index is -1.12. The summed E-state index contributed by atoms with van der Waals surface area (Å²) in [5, 5.41) is 7.70. The number of aryl methyl sites for hydroxylation is 8. The Kier molecular flexibility index (Phi) is 14.1. The van der Waals surface area contributed by atoms with Crippen LogP contribution < -0.4 is 60.9 Å². The van der Waals surface area contributed by atoms with Gasteiger partial charge in [-0.05, 0) is 208 Å². The zero-order valence-corrected chi connectivity index (χ0v) is 42.4. The third kappa shape index (κ3) is 8.79. The lowest BCUT2D eigenvalue weighted by molar-refractivity contribution is 0.411. The normalized spacial score (nSPS) is 11.4. The summed E-state index contributed by atoms with van der Waals surface area (Å²) >= 11 is 0. The first-order valence-electron chi connectivity index (χ1n) is 21.4. The van der Waals surface area contributed by atoms with Crippen LogP contribution in [0.2, 0.25) is 0 Å². The van der Waals surface area contributed by atoms with Crippen molar-refractivity contribution in [3.63, 3.8) is 0 Å². The quantitative estimate of drug-likeness (QED) is 0.108. The van der Waals surface area contributed by atoms with Crippen molar-refractivity contribution in [2.24, 2.45) is 0 Å². The highest BCUT2D eigenvalue weighted by Crippen LogP contribution is 2.49. The van der Waals surface area contributed by atoms with Crippen molar-refractivity contribution < 1.29 is 9.47 Å². The topological polar surface area (TPSA) is 31.4 Å². The molecule has 0 aromatic heterocycles. The summed E-state index contributed by atoms with van der Waals surface area (Å²) in [6.45, 7) is 18.0. The van der Waals surface area contributed by atoms with Crippen molar-refractivity contribution in [1.29, 1.82) is 0 Å². The van der Waals surface area contributed by atoms with Crippen molar-refractivity contribution in [3.05, 3.63) is 129 Å². The summed E-state index contributed by atoms with van der Waals surface area (Å²) in [6, 6.07) is 32.7. The molecule has 0 aliphatic heterocycles. The maximum Gasteiger partial charge on any atom is 0.127 e. The molecule has 0 atom stereocenters. The molecular formula is C54H68N4O2P2. The largest absolute Gasteiger partial charge is 0.496 e. The number of ether oxygens (including phenoxy) is 2. The third-order valence-electron chi connectivity index (χ3n) is 11.9. The number of benzene rings is 6. The first-order valence-corrected chi connectivity index (χ1v) is 24.1. The summed E-state index contributed by atoms with van der Waals surface area (Å²) in [6.07, 6.45) is 0. The van der Waals surface area contributed by atoms with Gasteiger partial charge in [0.15, 0.2) is 0 Å². The van der Waals surface area contributed by atoms with Crippen LogP contribution in [-0.2, 0) is 0 Å². The fourth-order valence-electron chi connectivity index (χ4n) is 10.2. The van der Waals surface area contributed by atoms with E-state index in [1.807, 2.05) is 14.2 Å². The van der Waals surface area contributed by atoms with E-state index in [9.17, 15) is 0 Å². The maximum atomic E-state index is 6.50. The second kappa shape index (κ2) is 18.8. The molecule has 62 heavy (non-hydrogen) atoms. The Morgan fingerprint density at radius 2 is 0.548 bits per heavy atom. The van der Waals surface area contributed by atoms with E-state index in [2.05, 4.69) is 216 Å². The molecule has 0 fully saturated rings. The summed E-state index contributed by atoms with van der Waals surface area (Å²) in [5.74, 6) is 1.66. The second-order valence-corrected chi connectivity index (χ2v) is 22.0. The number of hydrogen-bond acceptors (Lipinski definition) is 6. The SMILES string of the molecule is COc1cccc(P(c2cc(C)c(N(C)C)c(C)c2)c2cc(C)c(N(C)C)c(C)c2)c1-c1c(OC)cccc1P(c1cc(C)c(N(C)C)c(C)c1)c1cc(C)c(N(C)C)c(C)c1. The van der Waals surface area contributed by atoms with Crippen LogP contribution in [0.5, 0.6) is 11.5 Å². The van der Waals surface area contributed by atoms with Crippen LogP contribution >= 0.6 is 15.8 Å². The molecule has 326 valence electrons. The molecule has 0 amide bonds. The van der Waals surface area contributed by atoms with Crippen molar-refractivity contribution in [3.8, 4) is 22.6 Å². The lowest BCUT2D eigenvalue weighted by Gasteiger charge is -2.31. The molecule has 0 saturated carbocycles. The van der Waals surface area contributed by atoms with E-state index >= 15 is 0 Å². The van der Waals surface area contributed by atoms with Gasteiger partial charge in [-0.15, -0.1) is 0 Å². The molecule has 0 N–H and O–H groups in total. The lowest BCUT2D eigenvalue weighted by atomic mass is 10.0. The molecule has 0 unspecified atom stereocenters. The van der Waals surface area contributed by atoms with Crippen molar-refractivity contribution >= 4 is 70.4 Å². The van der Waals surface area contributed by atoms with Crippen LogP contribution in [0.25, 0.3) is 11.1 Å². The molecular weight excluding hydrogens is 799 g/mol. The maximum absolute atomic E-state index is 6.50. The number of nitrogens with zero attached hydrogens (tertiary/aromatic N) is 4. The first kappa shape index (κ1) is 46.5. The van der Waals surface area contributed by atoms with Gasteiger partial charge in [0.25, 0.3) is 0 Å². The van der Waals surface area contributed by atoms with Gasteiger partial charge in [-0.1, -0.05) is 24.3 Å². The van der Waals surface area contributed by atoms with Gasteiger partial charge < -0.3 is 29.1 Å². The fraction of sp³-hybridized carbons (Fsp3) is 0.333. The molecule has 0 aliphatic carbocycles. The van der Waals surface area contributed by atoms with Crippen LogP contribution in [0.15, 0.2) is 84.9 Å². The number of methoxy groups -OCH3 is 2. The van der Waals surface area contributed by atoms with E-state index in [0.29, 0.717) is 0 Å².